The van der Waals surface area contributed by atoms with Crippen LogP contribution in [-0.2, 0) is 33.2 Å². The van der Waals surface area contributed by atoms with Crippen LogP contribution in [0, 0.1) is 0 Å². The van der Waals surface area contributed by atoms with Gasteiger partial charge in [0.1, 0.15) is 18.0 Å². The molecule has 232 valence electrons. The highest BCUT2D eigenvalue weighted by molar-refractivity contribution is 5.89. The number of rotatable bonds is 6. The topological polar surface area (TPSA) is 115 Å². The van der Waals surface area contributed by atoms with Gasteiger partial charge in [0.2, 0.25) is 0 Å². The first-order valence-corrected chi connectivity index (χ1v) is 14.4. The van der Waals surface area contributed by atoms with Crippen molar-refractivity contribution in [2.24, 2.45) is 0 Å². The zero-order valence-corrected chi connectivity index (χ0v) is 24.2. The van der Waals surface area contributed by atoms with Crippen LogP contribution in [0.5, 0.6) is 0 Å². The highest BCUT2D eigenvalue weighted by Crippen LogP contribution is 2.36. The fourth-order valence-electron chi connectivity index (χ4n) is 5.79. The summed E-state index contributed by atoms with van der Waals surface area (Å²) in [7, 11) is 0. The molecule has 0 radical (unpaired) electrons. The number of aromatic nitrogens is 2. The predicted octanol–water partition coefficient (Wildman–Crippen LogP) is 4.93. The molecule has 12 heteroatoms. The van der Waals surface area contributed by atoms with Crippen molar-refractivity contribution >= 4 is 11.8 Å². The number of aromatic carboxylic acids is 1. The van der Waals surface area contributed by atoms with E-state index in [0.29, 0.717) is 37.6 Å². The lowest BCUT2D eigenvalue weighted by molar-refractivity contribution is -0.153. The van der Waals surface area contributed by atoms with Crippen LogP contribution >= 0.6 is 0 Å². The molecule has 2 fully saturated rings. The number of alkyl halides is 3. The summed E-state index contributed by atoms with van der Waals surface area (Å²) in [4.78, 5) is 19.3. The van der Waals surface area contributed by atoms with Crippen molar-refractivity contribution in [2.75, 3.05) is 18.5 Å². The first-order chi connectivity index (χ1) is 20.4. The van der Waals surface area contributed by atoms with Crippen molar-refractivity contribution in [1.29, 1.82) is 0 Å². The molecule has 4 aliphatic rings. The van der Waals surface area contributed by atoms with E-state index in [9.17, 15) is 23.1 Å². The number of benzene rings is 1. The molecule has 1 aromatic heterocycles. The van der Waals surface area contributed by atoms with E-state index in [1.54, 1.807) is 19.9 Å². The summed E-state index contributed by atoms with van der Waals surface area (Å²) in [6.45, 7) is 8.30. The molecular weight excluding hydrogens is 565 g/mol. The van der Waals surface area contributed by atoms with Crippen LogP contribution in [0.15, 0.2) is 54.9 Å². The Morgan fingerprint density at radius 3 is 2.72 bits per heavy atom. The average molecular weight is 603 g/mol. The summed E-state index contributed by atoms with van der Waals surface area (Å²) < 4.78 is 58.1. The minimum Gasteiger partial charge on any atom is -0.478 e. The maximum absolute atomic E-state index is 13.2. The molecule has 6 rings (SSSR count). The monoisotopic (exact) mass is 602 g/mol. The zero-order chi connectivity index (χ0) is 30.8. The van der Waals surface area contributed by atoms with Gasteiger partial charge in [-0.1, -0.05) is 36.4 Å². The number of carboxylic acids is 1. The Labute approximate surface area is 248 Å². The summed E-state index contributed by atoms with van der Waals surface area (Å²) in [6, 6.07) is 5.16. The van der Waals surface area contributed by atoms with E-state index in [-0.39, 0.29) is 18.5 Å². The number of carbonyl (C=O) groups is 1. The number of carboxylic acid groups (broad SMARTS) is 1. The molecule has 3 N–H and O–H groups in total. The second kappa shape index (κ2) is 12.7. The van der Waals surface area contributed by atoms with E-state index in [1.165, 1.54) is 6.20 Å². The molecule has 3 heterocycles. The summed E-state index contributed by atoms with van der Waals surface area (Å²) in [6.07, 6.45) is 3.46. The number of allylic oxidation sites excluding steroid dienone is 2. The van der Waals surface area contributed by atoms with Gasteiger partial charge >= 0.3 is 12.1 Å². The summed E-state index contributed by atoms with van der Waals surface area (Å²) in [5.41, 5.74) is 1.98. The number of ether oxygens (including phenoxy) is 3. The second-order valence-electron chi connectivity index (χ2n) is 11.7. The van der Waals surface area contributed by atoms with Crippen molar-refractivity contribution < 1.29 is 37.3 Å². The predicted molar refractivity (Wildman–Crippen MR) is 153 cm³/mol. The highest BCUT2D eigenvalue weighted by atomic mass is 19.4. The fraction of sp³-hybridized carbons (Fsp3) is 0.516. The molecule has 2 aliphatic heterocycles. The van der Waals surface area contributed by atoms with Gasteiger partial charge in [-0.25, -0.2) is 9.78 Å². The Hall–Kier alpha value is -3.32. The average Bonchev–Trinajstić information content (AvgIpc) is 3.29. The lowest BCUT2D eigenvalue weighted by Gasteiger charge is -2.38. The van der Waals surface area contributed by atoms with Gasteiger partial charge in [0.25, 0.3) is 0 Å². The number of aryl methyl sites for hydroxylation is 2. The van der Waals surface area contributed by atoms with E-state index in [4.69, 9.17) is 14.2 Å². The van der Waals surface area contributed by atoms with Crippen LogP contribution in [0.4, 0.5) is 19.0 Å². The fourth-order valence-corrected chi connectivity index (χ4v) is 5.79. The van der Waals surface area contributed by atoms with Crippen LogP contribution in [0.25, 0.3) is 0 Å². The number of anilines is 1. The molecule has 9 nitrogen and oxygen atoms in total. The molecule has 43 heavy (non-hydrogen) atoms. The molecule has 2 aromatic rings. The van der Waals surface area contributed by atoms with Gasteiger partial charge in [-0.2, -0.15) is 13.2 Å². The summed E-state index contributed by atoms with van der Waals surface area (Å²) in [5.74, 6) is -1.89. The maximum Gasteiger partial charge on any atom is 0.434 e. The molecule has 1 aromatic carbocycles. The Morgan fingerprint density at radius 2 is 1.95 bits per heavy atom. The van der Waals surface area contributed by atoms with Crippen molar-refractivity contribution in [2.45, 2.75) is 88.3 Å². The third-order valence-corrected chi connectivity index (χ3v) is 7.96. The van der Waals surface area contributed by atoms with E-state index in [0.717, 1.165) is 29.5 Å². The molecule has 0 saturated carbocycles. The number of nitrogens with one attached hydrogen (secondary N) is 2. The SMILES string of the molecule is C=C1/C=C\CC(NC[C@H]2OC[C@H](Nc3cncc(C(F)(F)F)n3)[C@H]3OC(C)(C)O[C@H]32)CCc2ccc(cc2C(=O)O)CC1. The lowest BCUT2D eigenvalue weighted by Crippen LogP contribution is -2.57. The van der Waals surface area contributed by atoms with Gasteiger partial charge in [0.15, 0.2) is 11.5 Å². The van der Waals surface area contributed by atoms with E-state index in [2.05, 4.69) is 33.3 Å². The minimum atomic E-state index is -4.62. The zero-order valence-electron chi connectivity index (χ0n) is 24.2. The first-order valence-electron chi connectivity index (χ1n) is 14.4. The standard InChI is InChI=1S/C31H37F3N4O5/c1-18-5-4-6-21(12-11-20-10-9-19(8-7-18)13-22(20)29(39)40)36-14-24-28-27(42-30(2,3)43-28)23(17-41-24)37-26-16-35-15-25(38-26)31(32,33)34/h4-5,9-10,13,15-16,21,23-24,27-28,36H,1,6-8,11-12,14,17H2,2-3H3,(H,37,38)(H,39,40)/b5-4-/t21?,23-,24+,27+,28-/m0/s1. The van der Waals surface area contributed by atoms with Crippen LogP contribution in [-0.4, -0.2) is 70.4 Å². The second-order valence-corrected chi connectivity index (χ2v) is 11.7. The van der Waals surface area contributed by atoms with Gasteiger partial charge < -0.3 is 30.0 Å². The molecule has 2 saturated heterocycles. The lowest BCUT2D eigenvalue weighted by atomic mass is 9.95. The molecule has 2 aliphatic carbocycles. The van der Waals surface area contributed by atoms with Gasteiger partial charge in [-0.05, 0) is 63.1 Å². The third kappa shape index (κ3) is 7.80. The largest absolute Gasteiger partial charge is 0.478 e. The number of hydrogen-bond donors (Lipinski definition) is 3. The highest BCUT2D eigenvalue weighted by Gasteiger charge is 2.52. The first kappa shape index (κ1) is 31.1. The van der Waals surface area contributed by atoms with Crippen LogP contribution in [0.3, 0.4) is 0 Å². The van der Waals surface area contributed by atoms with Crippen LogP contribution in [0.2, 0.25) is 0 Å². The normalized spacial score (nSPS) is 28.3. The summed E-state index contributed by atoms with van der Waals surface area (Å²) in [5, 5.41) is 16.4. The van der Waals surface area contributed by atoms with E-state index in [1.807, 2.05) is 18.2 Å². The van der Waals surface area contributed by atoms with Crippen molar-refractivity contribution in [3.63, 3.8) is 0 Å². The minimum absolute atomic E-state index is 0.0136. The third-order valence-electron chi connectivity index (χ3n) is 7.96. The Kier molecular flexibility index (Phi) is 9.21. The van der Waals surface area contributed by atoms with Crippen molar-refractivity contribution in [1.82, 2.24) is 15.3 Å². The van der Waals surface area contributed by atoms with Gasteiger partial charge in [0.05, 0.1) is 36.7 Å². The molecule has 5 atom stereocenters. The Balaban J connectivity index is 1.27. The number of nitrogens with zero attached hydrogens (tertiary/aromatic N) is 2. The quantitative estimate of drug-likeness (QED) is 0.423. The van der Waals surface area contributed by atoms with Crippen LogP contribution < -0.4 is 10.6 Å². The number of hydrogen-bond acceptors (Lipinski definition) is 8. The Morgan fingerprint density at radius 1 is 1.16 bits per heavy atom. The molecule has 0 amide bonds. The van der Waals surface area contributed by atoms with Crippen LogP contribution in [0.1, 0.15) is 60.3 Å². The number of halogens is 3. The molecule has 0 spiro atoms. The van der Waals surface area contributed by atoms with Crippen molar-refractivity contribution in [3.8, 4) is 0 Å². The summed E-state index contributed by atoms with van der Waals surface area (Å²) >= 11 is 0. The molecule has 2 bridgehead atoms. The Bertz CT molecular complexity index is 1370. The van der Waals surface area contributed by atoms with Crippen molar-refractivity contribution in [3.05, 3.63) is 77.3 Å². The van der Waals surface area contributed by atoms with E-state index < -0.39 is 48.0 Å². The van der Waals surface area contributed by atoms with Gasteiger partial charge in [-0.15, -0.1) is 0 Å². The molecule has 1 unspecified atom stereocenters. The smallest absolute Gasteiger partial charge is 0.434 e. The molecular formula is C31H37F3N4O5. The van der Waals surface area contributed by atoms with Gasteiger partial charge in [-0.3, -0.25) is 4.98 Å². The maximum atomic E-state index is 13.2. The van der Waals surface area contributed by atoms with Gasteiger partial charge in [0, 0.05) is 12.6 Å². The van der Waals surface area contributed by atoms with E-state index >= 15 is 0 Å². The number of fused-ring (bicyclic) bond motifs is 10.